The van der Waals surface area contributed by atoms with Gasteiger partial charge in [0, 0.05) is 19.3 Å². The summed E-state index contributed by atoms with van der Waals surface area (Å²) in [6, 6.07) is 0. The van der Waals surface area contributed by atoms with Crippen molar-refractivity contribution in [1.82, 2.24) is 0 Å². The van der Waals surface area contributed by atoms with Crippen molar-refractivity contribution in [2.45, 2.75) is 252 Å². The molecule has 66 heavy (non-hydrogen) atoms. The quantitative estimate of drug-likeness (QED) is 0.0262. The highest BCUT2D eigenvalue weighted by Crippen LogP contribution is 2.14. The lowest BCUT2D eigenvalue weighted by Gasteiger charge is -2.18. The summed E-state index contributed by atoms with van der Waals surface area (Å²) >= 11 is 0. The van der Waals surface area contributed by atoms with Crippen LogP contribution in [-0.4, -0.2) is 37.2 Å². The Kier molecular flexibility index (Phi) is 50.9. The molecule has 6 nitrogen and oxygen atoms in total. The monoisotopic (exact) mass is 917 g/mol. The number of unbranched alkanes of at least 4 members (excludes halogenated alkanes) is 21. The Labute approximate surface area is 407 Å². The van der Waals surface area contributed by atoms with E-state index < -0.39 is 6.10 Å². The number of carbonyl (C=O) groups excluding carboxylic acids is 3. The lowest BCUT2D eigenvalue weighted by Crippen LogP contribution is -2.30. The highest BCUT2D eigenvalue weighted by Gasteiger charge is 2.19. The summed E-state index contributed by atoms with van der Waals surface area (Å²) in [6.45, 7) is 6.49. The van der Waals surface area contributed by atoms with Crippen LogP contribution in [-0.2, 0) is 28.6 Å². The smallest absolute Gasteiger partial charge is 0.306 e. The van der Waals surface area contributed by atoms with Crippen molar-refractivity contribution >= 4 is 17.9 Å². The topological polar surface area (TPSA) is 78.9 Å². The Morgan fingerprint density at radius 1 is 0.303 bits per heavy atom. The first-order valence-electron chi connectivity index (χ1n) is 27.2. The van der Waals surface area contributed by atoms with Crippen molar-refractivity contribution in [1.29, 1.82) is 0 Å². The first kappa shape index (κ1) is 62.3. The SMILES string of the molecule is CCCCC/C=C\C/C=C\C/C=C\C/C=C\CCCC(=O)OCC(COC(=O)CCCCCCCCCCCCCCCC)OC(=O)CCC/C=C\C/C=C\C/C=C\C/C=C\CCCCC. The van der Waals surface area contributed by atoms with Gasteiger partial charge >= 0.3 is 17.9 Å². The fraction of sp³-hybridized carbons (Fsp3) is 0.683. The van der Waals surface area contributed by atoms with E-state index in [9.17, 15) is 14.4 Å². The van der Waals surface area contributed by atoms with Gasteiger partial charge in [-0.25, -0.2) is 0 Å². The number of hydrogen-bond donors (Lipinski definition) is 0. The van der Waals surface area contributed by atoms with Crippen LogP contribution in [0.1, 0.15) is 245 Å². The highest BCUT2D eigenvalue weighted by atomic mass is 16.6. The van der Waals surface area contributed by atoms with Crippen LogP contribution in [0.2, 0.25) is 0 Å². The summed E-state index contributed by atoms with van der Waals surface area (Å²) < 4.78 is 16.7. The molecule has 0 spiro atoms. The lowest BCUT2D eigenvalue weighted by molar-refractivity contribution is -0.167. The Bertz CT molecular complexity index is 1330. The number of hydrogen-bond acceptors (Lipinski definition) is 6. The Balaban J connectivity index is 4.56. The lowest BCUT2D eigenvalue weighted by atomic mass is 10.0. The summed E-state index contributed by atoms with van der Waals surface area (Å²) in [7, 11) is 0. The van der Waals surface area contributed by atoms with Crippen molar-refractivity contribution in [3.8, 4) is 0 Å². The van der Waals surface area contributed by atoms with Gasteiger partial charge in [0.25, 0.3) is 0 Å². The molecule has 0 saturated carbocycles. The van der Waals surface area contributed by atoms with Gasteiger partial charge in [0.2, 0.25) is 0 Å². The van der Waals surface area contributed by atoms with E-state index in [1.54, 1.807) is 0 Å². The van der Waals surface area contributed by atoms with Crippen LogP contribution in [0.3, 0.4) is 0 Å². The molecule has 0 aromatic rings. The molecule has 0 heterocycles. The van der Waals surface area contributed by atoms with E-state index in [0.29, 0.717) is 19.3 Å². The molecule has 0 aromatic carbocycles. The molecule has 0 bridgehead atoms. The summed E-state index contributed by atoms with van der Waals surface area (Å²) in [5.74, 6) is -1.03. The minimum Gasteiger partial charge on any atom is -0.462 e. The normalized spacial score (nSPS) is 12.8. The van der Waals surface area contributed by atoms with Gasteiger partial charge in [-0.3, -0.25) is 14.4 Å². The van der Waals surface area contributed by atoms with E-state index in [1.165, 1.54) is 122 Å². The van der Waals surface area contributed by atoms with Crippen molar-refractivity contribution in [3.05, 3.63) is 97.2 Å². The summed E-state index contributed by atoms with van der Waals surface area (Å²) in [4.78, 5) is 38.0. The molecule has 0 aromatic heterocycles. The Morgan fingerprint density at radius 3 is 0.909 bits per heavy atom. The fourth-order valence-electron chi connectivity index (χ4n) is 7.19. The minimum absolute atomic E-state index is 0.115. The van der Waals surface area contributed by atoms with E-state index in [2.05, 4.69) is 118 Å². The zero-order valence-electron chi connectivity index (χ0n) is 42.9. The van der Waals surface area contributed by atoms with Gasteiger partial charge in [-0.1, -0.05) is 227 Å². The zero-order chi connectivity index (χ0) is 47.9. The van der Waals surface area contributed by atoms with Crippen molar-refractivity contribution in [2.75, 3.05) is 13.2 Å². The van der Waals surface area contributed by atoms with E-state index in [1.807, 2.05) is 0 Å². The molecule has 0 aliphatic rings. The maximum Gasteiger partial charge on any atom is 0.306 e. The standard InChI is InChI=1S/C60H100O6/c1-4-7-10-13-16-19-22-25-28-30-32-35-38-41-44-47-50-53-59(62)65-56-57(55-64-58(61)52-49-46-43-40-37-34-27-24-21-18-15-12-9-6-3)66-60(63)54-51-48-45-42-39-36-33-31-29-26-23-20-17-14-11-8-5-2/h16-17,19-20,25-26,28-29,32-33,35-36,41-42,44-45,57H,4-15,18,21-24,27,30-31,34,37-40,43,46-56H2,1-3H3/b19-16-,20-17-,28-25-,29-26-,35-32-,36-33-,44-41-,45-42-. The van der Waals surface area contributed by atoms with E-state index >= 15 is 0 Å². The van der Waals surface area contributed by atoms with E-state index in [4.69, 9.17) is 14.2 Å². The molecule has 6 heteroatoms. The molecule has 0 radical (unpaired) electrons. The third-order valence-corrected chi connectivity index (χ3v) is 11.3. The van der Waals surface area contributed by atoms with Crippen LogP contribution in [0, 0.1) is 0 Å². The highest BCUT2D eigenvalue weighted by molar-refractivity contribution is 5.71. The van der Waals surface area contributed by atoms with Crippen LogP contribution in [0.4, 0.5) is 0 Å². The molecule has 0 fully saturated rings. The molecule has 0 aliphatic heterocycles. The average Bonchev–Trinajstić information content (AvgIpc) is 3.31. The van der Waals surface area contributed by atoms with Crippen LogP contribution in [0.25, 0.3) is 0 Å². The fourth-order valence-corrected chi connectivity index (χ4v) is 7.19. The molecule has 0 aliphatic carbocycles. The second-order valence-electron chi connectivity index (χ2n) is 17.8. The molecule has 1 unspecified atom stereocenters. The van der Waals surface area contributed by atoms with Crippen LogP contribution in [0.5, 0.6) is 0 Å². The minimum atomic E-state index is -0.827. The Hall–Kier alpha value is -3.67. The van der Waals surface area contributed by atoms with Crippen LogP contribution in [0.15, 0.2) is 97.2 Å². The molecule has 0 saturated heterocycles. The van der Waals surface area contributed by atoms with Gasteiger partial charge in [-0.2, -0.15) is 0 Å². The maximum absolute atomic E-state index is 12.8. The summed E-state index contributed by atoms with van der Waals surface area (Å²) in [5.41, 5.74) is 0. The number of ether oxygens (including phenoxy) is 3. The number of rotatable bonds is 48. The van der Waals surface area contributed by atoms with Crippen molar-refractivity contribution in [2.24, 2.45) is 0 Å². The molecule has 0 N–H and O–H groups in total. The second kappa shape index (κ2) is 53.9. The largest absolute Gasteiger partial charge is 0.462 e. The van der Waals surface area contributed by atoms with Crippen LogP contribution >= 0.6 is 0 Å². The maximum atomic E-state index is 12.8. The number of carbonyl (C=O) groups is 3. The van der Waals surface area contributed by atoms with Gasteiger partial charge in [0.15, 0.2) is 6.10 Å². The molecule has 1 atom stereocenters. The first-order valence-corrected chi connectivity index (χ1v) is 27.2. The predicted octanol–water partition coefficient (Wildman–Crippen LogP) is 18.1. The summed E-state index contributed by atoms with van der Waals surface area (Å²) in [5, 5.41) is 0. The first-order chi connectivity index (χ1) is 32.5. The van der Waals surface area contributed by atoms with Gasteiger partial charge in [-0.05, 0) is 96.3 Å². The zero-order valence-corrected chi connectivity index (χ0v) is 42.9. The van der Waals surface area contributed by atoms with Gasteiger partial charge in [0.1, 0.15) is 13.2 Å². The van der Waals surface area contributed by atoms with Crippen molar-refractivity contribution in [3.63, 3.8) is 0 Å². The summed E-state index contributed by atoms with van der Waals surface area (Å²) in [6.07, 6.45) is 71.1. The molecule has 376 valence electrons. The van der Waals surface area contributed by atoms with E-state index in [0.717, 1.165) is 70.6 Å². The van der Waals surface area contributed by atoms with Gasteiger partial charge in [0.05, 0.1) is 0 Å². The number of allylic oxidation sites excluding steroid dienone is 16. The second-order valence-corrected chi connectivity index (χ2v) is 17.8. The predicted molar refractivity (Wildman–Crippen MR) is 284 cm³/mol. The molecule has 0 amide bonds. The van der Waals surface area contributed by atoms with Crippen LogP contribution < -0.4 is 0 Å². The molecule has 0 rings (SSSR count). The number of esters is 3. The Morgan fingerprint density at radius 2 is 0.561 bits per heavy atom. The third-order valence-electron chi connectivity index (χ3n) is 11.3. The third kappa shape index (κ3) is 51.3. The van der Waals surface area contributed by atoms with Gasteiger partial charge in [-0.15, -0.1) is 0 Å². The average molecular weight is 917 g/mol. The van der Waals surface area contributed by atoms with Crippen molar-refractivity contribution < 1.29 is 28.6 Å². The molecular weight excluding hydrogens is 817 g/mol. The molecular formula is C60H100O6. The van der Waals surface area contributed by atoms with Gasteiger partial charge < -0.3 is 14.2 Å². The van der Waals surface area contributed by atoms with E-state index in [-0.39, 0.29) is 44.0 Å².